The van der Waals surface area contributed by atoms with Gasteiger partial charge in [-0.1, -0.05) is 12.0 Å². The Labute approximate surface area is 151 Å². The Morgan fingerprint density at radius 3 is 2.88 bits per heavy atom. The molecular weight excluding hydrogens is 336 g/mol. The monoisotopic (exact) mass is 360 g/mol. The first-order chi connectivity index (χ1) is 12.7. The van der Waals surface area contributed by atoms with Gasteiger partial charge in [-0.15, -0.1) is 5.10 Å². The van der Waals surface area contributed by atoms with Gasteiger partial charge in [0.05, 0.1) is 18.0 Å². The molecule has 0 aromatic carbocycles. The minimum Gasteiger partial charge on any atom is -0.459 e. The van der Waals surface area contributed by atoms with Gasteiger partial charge in [0.1, 0.15) is 0 Å². The summed E-state index contributed by atoms with van der Waals surface area (Å²) in [5.74, 6) is 0.805. The number of amides is 1. The summed E-state index contributed by atoms with van der Waals surface area (Å²) in [5, 5.41) is 11.1. The van der Waals surface area contributed by atoms with E-state index >= 15 is 0 Å². The third kappa shape index (κ3) is 3.46. The lowest BCUT2D eigenvalue weighted by Crippen LogP contribution is -2.45. The summed E-state index contributed by atoms with van der Waals surface area (Å²) < 4.78 is 17.1. The molecule has 1 N–H and O–H groups in total. The molecule has 1 spiro atoms. The van der Waals surface area contributed by atoms with Crippen LogP contribution < -0.4 is 10.2 Å². The van der Waals surface area contributed by atoms with Crippen LogP contribution in [0.1, 0.15) is 49.1 Å². The molecule has 8 heteroatoms. The van der Waals surface area contributed by atoms with Gasteiger partial charge in [-0.05, 0) is 37.8 Å². The molecular formula is C18H24N4O4. The lowest BCUT2D eigenvalue weighted by molar-refractivity contribution is -0.0546. The summed E-state index contributed by atoms with van der Waals surface area (Å²) in [7, 11) is 0. The van der Waals surface area contributed by atoms with Crippen molar-refractivity contribution in [1.82, 2.24) is 15.5 Å². The molecule has 2 saturated heterocycles. The highest BCUT2D eigenvalue weighted by atomic mass is 16.5. The van der Waals surface area contributed by atoms with Crippen LogP contribution >= 0.6 is 0 Å². The maximum atomic E-state index is 12.0. The molecule has 2 aliphatic heterocycles. The smallest absolute Gasteiger partial charge is 0.318 e. The van der Waals surface area contributed by atoms with Crippen LogP contribution in [-0.4, -0.2) is 47.4 Å². The molecule has 2 aromatic heterocycles. The predicted octanol–water partition coefficient (Wildman–Crippen LogP) is 2.17. The number of aryl methyl sites for hydroxylation is 1. The summed E-state index contributed by atoms with van der Waals surface area (Å²) >= 11 is 0. The van der Waals surface area contributed by atoms with E-state index < -0.39 is 0 Å². The molecule has 0 bridgehead atoms. The first kappa shape index (κ1) is 17.1. The van der Waals surface area contributed by atoms with E-state index in [9.17, 15) is 4.79 Å². The van der Waals surface area contributed by atoms with Crippen molar-refractivity contribution in [3.05, 3.63) is 30.0 Å². The molecule has 1 unspecified atom stereocenters. The number of hydrogen-bond donors (Lipinski definition) is 1. The van der Waals surface area contributed by atoms with Crippen molar-refractivity contribution < 1.29 is 18.4 Å². The van der Waals surface area contributed by atoms with Gasteiger partial charge in [0.15, 0.2) is 5.76 Å². The molecule has 8 nitrogen and oxygen atoms in total. The Kier molecular flexibility index (Phi) is 4.67. The number of anilines is 1. The summed E-state index contributed by atoms with van der Waals surface area (Å²) in [5.41, 5.74) is -0.0931. The Bertz CT molecular complexity index is 734. The van der Waals surface area contributed by atoms with Gasteiger partial charge in [0.25, 0.3) is 5.91 Å². The van der Waals surface area contributed by atoms with Crippen LogP contribution in [0, 0.1) is 0 Å². The third-order valence-corrected chi connectivity index (χ3v) is 5.28. The van der Waals surface area contributed by atoms with Gasteiger partial charge >= 0.3 is 6.01 Å². The normalized spacial score (nSPS) is 22.0. The lowest BCUT2D eigenvalue weighted by atomic mass is 9.88. The summed E-state index contributed by atoms with van der Waals surface area (Å²) in [6, 6.07) is 3.97. The number of nitrogens with one attached hydrogen (secondary N) is 1. The van der Waals surface area contributed by atoms with E-state index in [1.165, 1.54) is 6.26 Å². The molecule has 0 saturated carbocycles. The number of piperidine rings is 1. The van der Waals surface area contributed by atoms with Crippen molar-refractivity contribution in [1.29, 1.82) is 0 Å². The van der Waals surface area contributed by atoms with Gasteiger partial charge < -0.3 is 23.8 Å². The fourth-order valence-electron chi connectivity index (χ4n) is 3.73. The Morgan fingerprint density at radius 1 is 1.35 bits per heavy atom. The van der Waals surface area contributed by atoms with Crippen LogP contribution in [0.2, 0.25) is 0 Å². The van der Waals surface area contributed by atoms with Crippen LogP contribution in [0.15, 0.2) is 27.2 Å². The molecule has 0 aliphatic carbocycles. The number of aromatic nitrogens is 2. The van der Waals surface area contributed by atoms with E-state index in [-0.39, 0.29) is 17.6 Å². The van der Waals surface area contributed by atoms with Crippen LogP contribution in [0.4, 0.5) is 6.01 Å². The first-order valence-corrected chi connectivity index (χ1v) is 9.24. The van der Waals surface area contributed by atoms with E-state index in [1.54, 1.807) is 12.1 Å². The lowest BCUT2D eigenvalue weighted by Gasteiger charge is -2.38. The first-order valence-electron chi connectivity index (χ1n) is 9.24. The van der Waals surface area contributed by atoms with E-state index in [0.29, 0.717) is 24.2 Å². The van der Waals surface area contributed by atoms with Gasteiger partial charge in [-0.2, -0.15) is 0 Å². The van der Waals surface area contributed by atoms with E-state index in [2.05, 4.69) is 20.4 Å². The molecule has 0 radical (unpaired) electrons. The molecule has 1 atom stereocenters. The Hall–Kier alpha value is -2.35. The number of nitrogens with zero attached hydrogens (tertiary/aromatic N) is 3. The quantitative estimate of drug-likeness (QED) is 0.873. The van der Waals surface area contributed by atoms with Crippen LogP contribution in [0.5, 0.6) is 0 Å². The van der Waals surface area contributed by atoms with Crippen LogP contribution in [0.25, 0.3) is 0 Å². The van der Waals surface area contributed by atoms with Crippen molar-refractivity contribution in [3.63, 3.8) is 0 Å². The summed E-state index contributed by atoms with van der Waals surface area (Å²) in [6.07, 6.45) is 6.13. The Balaban J connectivity index is 1.26. The fourth-order valence-corrected chi connectivity index (χ4v) is 3.73. The molecule has 2 aromatic rings. The molecule has 140 valence electrons. The minimum absolute atomic E-state index is 0.0514. The number of carbonyl (C=O) groups is 1. The largest absolute Gasteiger partial charge is 0.459 e. The van der Waals surface area contributed by atoms with E-state index in [1.807, 2.05) is 6.92 Å². The average molecular weight is 360 g/mol. The second-order valence-electron chi connectivity index (χ2n) is 6.97. The predicted molar refractivity (Wildman–Crippen MR) is 93.0 cm³/mol. The van der Waals surface area contributed by atoms with Gasteiger partial charge in [-0.3, -0.25) is 4.79 Å². The van der Waals surface area contributed by atoms with Crippen molar-refractivity contribution in [2.24, 2.45) is 0 Å². The second kappa shape index (κ2) is 7.11. The second-order valence-corrected chi connectivity index (χ2v) is 6.97. The van der Waals surface area contributed by atoms with Gasteiger partial charge in [-0.25, -0.2) is 0 Å². The molecule has 2 aliphatic rings. The highest BCUT2D eigenvalue weighted by Gasteiger charge is 2.43. The number of hydrogen-bond acceptors (Lipinski definition) is 7. The molecule has 2 fully saturated rings. The highest BCUT2D eigenvalue weighted by Crippen LogP contribution is 2.39. The number of rotatable bonds is 5. The average Bonchev–Trinajstić information content (AvgIpc) is 3.42. The summed E-state index contributed by atoms with van der Waals surface area (Å²) in [6.45, 7) is 4.20. The van der Waals surface area contributed by atoms with Crippen LogP contribution in [0.3, 0.4) is 0 Å². The minimum atomic E-state index is -0.197. The molecule has 4 heterocycles. The number of carbonyl (C=O) groups excluding carboxylic acids is 1. The van der Waals surface area contributed by atoms with Crippen LogP contribution in [-0.2, 0) is 11.2 Å². The highest BCUT2D eigenvalue weighted by molar-refractivity contribution is 5.91. The zero-order chi connectivity index (χ0) is 18.0. The maximum Gasteiger partial charge on any atom is 0.318 e. The topological polar surface area (TPSA) is 93.6 Å². The standard InChI is InChI=1S/C18H24N4O4/c1-2-15-20-21-17(25-15)22-9-7-18(8-10-22)6-5-13(26-18)12-19-16(23)14-4-3-11-24-14/h3-4,11,13H,2,5-10,12H2,1H3,(H,19,23). The molecule has 1 amide bonds. The van der Waals surface area contributed by atoms with Gasteiger partial charge in [0, 0.05) is 26.1 Å². The number of ether oxygens (including phenoxy) is 1. The zero-order valence-electron chi connectivity index (χ0n) is 14.9. The molecule has 26 heavy (non-hydrogen) atoms. The van der Waals surface area contributed by atoms with Crippen molar-refractivity contribution in [2.75, 3.05) is 24.5 Å². The third-order valence-electron chi connectivity index (χ3n) is 5.28. The summed E-state index contributed by atoms with van der Waals surface area (Å²) in [4.78, 5) is 14.1. The van der Waals surface area contributed by atoms with E-state index in [4.69, 9.17) is 13.6 Å². The van der Waals surface area contributed by atoms with E-state index in [0.717, 1.165) is 45.2 Å². The van der Waals surface area contributed by atoms with Crippen molar-refractivity contribution in [2.45, 2.75) is 50.7 Å². The maximum absolute atomic E-state index is 12.0. The molecule has 4 rings (SSSR count). The zero-order valence-corrected chi connectivity index (χ0v) is 14.9. The number of furan rings is 1. The van der Waals surface area contributed by atoms with Crippen molar-refractivity contribution >= 4 is 11.9 Å². The fraction of sp³-hybridized carbons (Fsp3) is 0.611. The SMILES string of the molecule is CCc1nnc(N2CCC3(CCC(CNC(=O)c4ccco4)O3)CC2)o1. The Morgan fingerprint density at radius 2 is 2.19 bits per heavy atom. The van der Waals surface area contributed by atoms with Gasteiger partial charge in [0.2, 0.25) is 5.89 Å². The van der Waals surface area contributed by atoms with Crippen molar-refractivity contribution in [3.8, 4) is 0 Å².